The molecule has 0 radical (unpaired) electrons. The summed E-state index contributed by atoms with van der Waals surface area (Å²) >= 11 is 0. The van der Waals surface area contributed by atoms with Gasteiger partial charge in [0.15, 0.2) is 17.6 Å². The first kappa shape index (κ1) is 15.5. The Kier molecular flexibility index (Phi) is 4.41. The fourth-order valence-corrected chi connectivity index (χ4v) is 3.46. The number of aliphatic hydroxyl groups excluding tert-OH is 1. The second kappa shape index (κ2) is 6.83. The van der Waals surface area contributed by atoms with Gasteiger partial charge in [0.25, 0.3) is 0 Å². The third-order valence-electron chi connectivity index (χ3n) is 4.91. The molecule has 4 heteroatoms. The summed E-state index contributed by atoms with van der Waals surface area (Å²) in [7, 11) is 0. The van der Waals surface area contributed by atoms with Crippen LogP contribution in [0.15, 0.2) is 48.5 Å². The van der Waals surface area contributed by atoms with E-state index in [1.165, 1.54) is 5.56 Å². The first-order chi connectivity index (χ1) is 11.8. The van der Waals surface area contributed by atoms with Crippen LogP contribution in [0.5, 0.6) is 11.5 Å². The lowest BCUT2D eigenvalue weighted by molar-refractivity contribution is 0.0913. The van der Waals surface area contributed by atoms with Crippen LogP contribution in [0.4, 0.5) is 0 Å². The van der Waals surface area contributed by atoms with Crippen molar-refractivity contribution in [2.24, 2.45) is 0 Å². The summed E-state index contributed by atoms with van der Waals surface area (Å²) in [5.41, 5.74) is 2.34. The highest BCUT2D eigenvalue weighted by Gasteiger charge is 2.24. The number of hydrogen-bond donors (Lipinski definition) is 2. The zero-order valence-electron chi connectivity index (χ0n) is 13.7. The summed E-state index contributed by atoms with van der Waals surface area (Å²) in [5.74, 6) is 1.61. The largest absolute Gasteiger partial charge is 0.485 e. The van der Waals surface area contributed by atoms with E-state index >= 15 is 0 Å². The first-order valence-corrected chi connectivity index (χ1v) is 8.68. The first-order valence-electron chi connectivity index (χ1n) is 8.68. The van der Waals surface area contributed by atoms with Crippen molar-refractivity contribution >= 4 is 0 Å². The van der Waals surface area contributed by atoms with Crippen LogP contribution in [-0.4, -0.2) is 23.9 Å². The van der Waals surface area contributed by atoms with E-state index in [0.717, 1.165) is 42.9 Å². The van der Waals surface area contributed by atoms with Crippen LogP contribution in [0.25, 0.3) is 0 Å². The Morgan fingerprint density at radius 2 is 1.79 bits per heavy atom. The van der Waals surface area contributed by atoms with Crippen LogP contribution >= 0.6 is 0 Å². The van der Waals surface area contributed by atoms with Gasteiger partial charge in [-0.15, -0.1) is 0 Å². The molecule has 1 aliphatic heterocycles. The fraction of sp³-hybridized carbons (Fsp3) is 0.400. The summed E-state index contributed by atoms with van der Waals surface area (Å²) in [6.07, 6.45) is 2.82. The van der Waals surface area contributed by atoms with Crippen molar-refractivity contribution in [3.05, 3.63) is 59.7 Å². The number of aliphatic hydroxyl groups is 1. The predicted octanol–water partition coefficient (Wildman–Crippen LogP) is 3.20. The van der Waals surface area contributed by atoms with E-state index in [1.54, 1.807) is 0 Å². The number of rotatable bonds is 4. The van der Waals surface area contributed by atoms with E-state index in [0.29, 0.717) is 6.61 Å². The van der Waals surface area contributed by atoms with Gasteiger partial charge in [0.05, 0.1) is 6.10 Å². The molecule has 4 rings (SSSR count). The van der Waals surface area contributed by atoms with Gasteiger partial charge >= 0.3 is 0 Å². The van der Waals surface area contributed by atoms with Crippen LogP contribution in [0.2, 0.25) is 0 Å². The number of para-hydroxylation sites is 2. The summed E-state index contributed by atoms with van der Waals surface area (Å²) in [5, 5.41) is 13.3. The zero-order valence-corrected chi connectivity index (χ0v) is 13.7. The van der Waals surface area contributed by atoms with Gasteiger partial charge in [0.1, 0.15) is 6.61 Å². The van der Waals surface area contributed by atoms with Crippen molar-refractivity contribution < 1.29 is 14.6 Å². The Hall–Kier alpha value is -2.04. The molecule has 3 atom stereocenters. The monoisotopic (exact) mass is 325 g/mol. The van der Waals surface area contributed by atoms with Crippen molar-refractivity contribution in [1.29, 1.82) is 0 Å². The molecule has 2 aromatic rings. The van der Waals surface area contributed by atoms with Gasteiger partial charge in [-0.1, -0.05) is 36.4 Å². The van der Waals surface area contributed by atoms with Gasteiger partial charge < -0.3 is 19.9 Å². The average molecular weight is 325 g/mol. The zero-order chi connectivity index (χ0) is 16.4. The molecule has 4 nitrogen and oxygen atoms in total. The molecule has 3 unspecified atom stereocenters. The number of benzene rings is 2. The third kappa shape index (κ3) is 3.25. The molecular formula is C20H23NO3. The molecule has 24 heavy (non-hydrogen) atoms. The van der Waals surface area contributed by atoms with E-state index in [4.69, 9.17) is 9.47 Å². The molecule has 2 N–H and O–H groups in total. The van der Waals surface area contributed by atoms with E-state index in [1.807, 2.05) is 24.3 Å². The maximum atomic E-state index is 9.87. The van der Waals surface area contributed by atoms with Crippen LogP contribution in [0.3, 0.4) is 0 Å². The van der Waals surface area contributed by atoms with Crippen molar-refractivity contribution in [2.75, 3.05) is 6.61 Å². The third-order valence-corrected chi connectivity index (χ3v) is 4.91. The normalized spacial score (nSPS) is 25.6. The van der Waals surface area contributed by atoms with Gasteiger partial charge in [-0.2, -0.15) is 0 Å². The van der Waals surface area contributed by atoms with Crippen LogP contribution in [-0.2, 0) is 6.54 Å². The van der Waals surface area contributed by atoms with Crippen LogP contribution in [0, 0.1) is 0 Å². The van der Waals surface area contributed by atoms with Crippen LogP contribution in [0.1, 0.15) is 36.5 Å². The van der Waals surface area contributed by atoms with Crippen molar-refractivity contribution in [1.82, 2.24) is 5.32 Å². The number of fused-ring (bicyclic) bond motifs is 1. The minimum atomic E-state index is -0.197. The Bertz CT molecular complexity index is 686. The summed E-state index contributed by atoms with van der Waals surface area (Å²) in [6.45, 7) is 1.32. The summed E-state index contributed by atoms with van der Waals surface area (Å²) in [4.78, 5) is 0. The average Bonchev–Trinajstić information content (AvgIpc) is 3.05. The highest BCUT2D eigenvalue weighted by molar-refractivity contribution is 5.41. The highest BCUT2D eigenvalue weighted by atomic mass is 16.6. The second-order valence-electron chi connectivity index (χ2n) is 6.59. The summed E-state index contributed by atoms with van der Waals surface area (Å²) in [6, 6.07) is 16.4. The molecule has 1 aliphatic carbocycles. The Balaban J connectivity index is 1.37. The fourth-order valence-electron chi connectivity index (χ4n) is 3.46. The molecular weight excluding hydrogens is 302 g/mol. The number of hydrogen-bond acceptors (Lipinski definition) is 4. The molecule has 0 bridgehead atoms. The topological polar surface area (TPSA) is 50.7 Å². The molecule has 1 heterocycles. The van der Waals surface area contributed by atoms with Crippen LogP contribution < -0.4 is 14.8 Å². The molecule has 0 spiro atoms. The van der Waals surface area contributed by atoms with E-state index in [2.05, 4.69) is 29.6 Å². The highest BCUT2D eigenvalue weighted by Crippen LogP contribution is 2.35. The molecule has 0 amide bonds. The molecule has 0 aromatic heterocycles. The van der Waals surface area contributed by atoms with Gasteiger partial charge in [-0.3, -0.25) is 0 Å². The molecule has 2 aliphatic rings. The van der Waals surface area contributed by atoms with Gasteiger partial charge in [-0.25, -0.2) is 0 Å². The molecule has 0 saturated heterocycles. The molecule has 1 saturated carbocycles. The number of ether oxygens (including phenoxy) is 2. The van der Waals surface area contributed by atoms with E-state index in [9.17, 15) is 5.11 Å². The Morgan fingerprint density at radius 3 is 2.54 bits per heavy atom. The molecule has 2 aromatic carbocycles. The van der Waals surface area contributed by atoms with Gasteiger partial charge in [0, 0.05) is 12.6 Å². The lowest BCUT2D eigenvalue weighted by atomic mass is 10.1. The minimum absolute atomic E-state index is 0.0708. The molecule has 1 fully saturated rings. The van der Waals surface area contributed by atoms with Gasteiger partial charge in [-0.05, 0) is 42.5 Å². The smallest absolute Gasteiger partial charge is 0.162 e. The predicted molar refractivity (Wildman–Crippen MR) is 92.2 cm³/mol. The lowest BCUT2D eigenvalue weighted by Gasteiger charge is -2.26. The standard InChI is InChI=1S/C20H23NO3/c22-17-5-3-4-16(17)21-12-14-8-10-15(11-9-14)20-13-23-18-6-1-2-7-19(18)24-20/h1-2,6-11,16-17,20-22H,3-5,12-13H2. The van der Waals surface area contributed by atoms with Crippen molar-refractivity contribution in [2.45, 2.75) is 44.1 Å². The Morgan fingerprint density at radius 1 is 1.00 bits per heavy atom. The van der Waals surface area contributed by atoms with E-state index in [-0.39, 0.29) is 18.2 Å². The lowest BCUT2D eigenvalue weighted by Crippen LogP contribution is -2.35. The van der Waals surface area contributed by atoms with Crippen molar-refractivity contribution in [3.63, 3.8) is 0 Å². The second-order valence-corrected chi connectivity index (χ2v) is 6.59. The minimum Gasteiger partial charge on any atom is -0.485 e. The SMILES string of the molecule is OC1CCCC1NCc1ccc(C2COc3ccccc3O2)cc1. The van der Waals surface area contributed by atoms with E-state index < -0.39 is 0 Å². The van der Waals surface area contributed by atoms with Gasteiger partial charge in [0.2, 0.25) is 0 Å². The maximum Gasteiger partial charge on any atom is 0.162 e. The quantitative estimate of drug-likeness (QED) is 0.906. The number of nitrogens with one attached hydrogen (secondary N) is 1. The van der Waals surface area contributed by atoms with Crippen molar-refractivity contribution in [3.8, 4) is 11.5 Å². The maximum absolute atomic E-state index is 9.87. The summed E-state index contributed by atoms with van der Waals surface area (Å²) < 4.78 is 11.8. The Labute approximate surface area is 142 Å². The molecule has 126 valence electrons.